The molecule has 0 aliphatic heterocycles. The molecule has 8 heteroatoms. The Bertz CT molecular complexity index is 984. The Morgan fingerprint density at radius 2 is 1.47 bits per heavy atom. The highest BCUT2D eigenvalue weighted by atomic mass is 32.2. The van der Waals surface area contributed by atoms with E-state index >= 15 is 0 Å². The van der Waals surface area contributed by atoms with Gasteiger partial charge in [0.25, 0.3) is 0 Å². The van der Waals surface area contributed by atoms with E-state index in [2.05, 4.69) is 18.6 Å². The van der Waals surface area contributed by atoms with Gasteiger partial charge in [0.2, 0.25) is 10.0 Å². The zero-order valence-corrected chi connectivity index (χ0v) is 19.4. The van der Waals surface area contributed by atoms with Crippen molar-refractivity contribution < 1.29 is 21.6 Å². The number of benzene rings is 2. The molecule has 0 aromatic heterocycles. The molecule has 0 saturated heterocycles. The Labute approximate surface area is 180 Å². The highest BCUT2D eigenvalue weighted by Gasteiger charge is 2.26. The maximum Gasteiger partial charge on any atom is 0.241 e. The molecule has 6 nitrogen and oxygen atoms in total. The number of rotatable bonds is 12. The first-order valence-corrected chi connectivity index (χ1v) is 13.5. The van der Waals surface area contributed by atoms with Crippen LogP contribution in [0, 0.1) is 5.92 Å². The Morgan fingerprint density at radius 1 is 0.867 bits per heavy atom. The van der Waals surface area contributed by atoms with Crippen LogP contribution in [-0.4, -0.2) is 34.9 Å². The second-order valence-corrected chi connectivity index (χ2v) is 11.3. The summed E-state index contributed by atoms with van der Waals surface area (Å²) < 4.78 is 57.4. The summed E-state index contributed by atoms with van der Waals surface area (Å²) in [6.45, 7) is 5.74. The van der Waals surface area contributed by atoms with Gasteiger partial charge in [-0.1, -0.05) is 63.9 Å². The van der Waals surface area contributed by atoms with E-state index in [9.17, 15) is 16.8 Å². The van der Waals surface area contributed by atoms with Gasteiger partial charge in [-0.25, -0.2) is 21.6 Å². The maximum absolute atomic E-state index is 13.0. The highest BCUT2D eigenvalue weighted by molar-refractivity contribution is 7.91. The molecule has 1 atom stereocenters. The lowest BCUT2D eigenvalue weighted by molar-refractivity contribution is 0.340. The van der Waals surface area contributed by atoms with Crippen molar-refractivity contribution in [3.05, 3.63) is 60.2 Å². The first-order chi connectivity index (χ1) is 14.2. The molecule has 0 amide bonds. The highest BCUT2D eigenvalue weighted by Crippen LogP contribution is 2.29. The molecule has 0 aliphatic rings. The lowest BCUT2D eigenvalue weighted by atomic mass is 9.90. The van der Waals surface area contributed by atoms with Gasteiger partial charge in [-0.2, -0.15) is 0 Å². The second-order valence-electron chi connectivity index (χ2n) is 7.14. The summed E-state index contributed by atoms with van der Waals surface area (Å²) in [6, 6.07) is 15.3. The van der Waals surface area contributed by atoms with Crippen LogP contribution in [0.2, 0.25) is 0 Å². The normalized spacial score (nSPS) is 13.3. The number of nitrogens with one attached hydrogen (secondary N) is 1. The molecular weight excluding hydrogens is 422 g/mol. The minimum atomic E-state index is -3.74. The first-order valence-electron chi connectivity index (χ1n) is 10.2. The van der Waals surface area contributed by atoms with E-state index in [1.807, 2.05) is 30.3 Å². The minimum Gasteiger partial charge on any atom is -0.493 e. The average molecular weight is 454 g/mol. The van der Waals surface area contributed by atoms with Gasteiger partial charge in [0.15, 0.2) is 9.84 Å². The van der Waals surface area contributed by atoms with Crippen molar-refractivity contribution >= 4 is 19.9 Å². The standard InChI is InChI=1S/C22H31NO5S2/c1-4-18(5-2)22(19-10-8-7-9-11-19)23-30(26,27)21-14-12-20(13-15-21)28-16-17-29(24,25)6-3/h7-15,18,22-23H,4-6,16-17H2,1-3H3. The van der Waals surface area contributed by atoms with Crippen molar-refractivity contribution in [2.24, 2.45) is 5.92 Å². The summed E-state index contributed by atoms with van der Waals surface area (Å²) in [4.78, 5) is 0.142. The second kappa shape index (κ2) is 10.9. The molecule has 0 aliphatic carbocycles. The molecule has 2 aromatic rings. The predicted octanol–water partition coefficient (Wildman–Crippen LogP) is 3.96. The number of sulfonamides is 1. The molecule has 0 saturated carbocycles. The summed E-state index contributed by atoms with van der Waals surface area (Å²) in [7, 11) is -6.84. The molecule has 0 bridgehead atoms. The number of ether oxygens (including phenoxy) is 1. The van der Waals surface area contributed by atoms with Crippen LogP contribution in [0.4, 0.5) is 0 Å². The Hall–Kier alpha value is -1.90. The van der Waals surface area contributed by atoms with E-state index in [1.165, 1.54) is 12.1 Å². The van der Waals surface area contributed by atoms with Crippen molar-refractivity contribution in [1.82, 2.24) is 4.72 Å². The summed E-state index contributed by atoms with van der Waals surface area (Å²) in [5, 5.41) is 0. The third kappa shape index (κ3) is 6.82. The fourth-order valence-electron chi connectivity index (χ4n) is 3.24. The van der Waals surface area contributed by atoms with Gasteiger partial charge < -0.3 is 4.74 Å². The van der Waals surface area contributed by atoms with Crippen LogP contribution in [0.3, 0.4) is 0 Å². The van der Waals surface area contributed by atoms with Crippen molar-refractivity contribution in [3.8, 4) is 5.75 Å². The van der Waals surface area contributed by atoms with Crippen LogP contribution in [0.15, 0.2) is 59.5 Å². The maximum atomic E-state index is 13.0. The number of sulfone groups is 1. The van der Waals surface area contributed by atoms with Crippen molar-refractivity contribution in [1.29, 1.82) is 0 Å². The van der Waals surface area contributed by atoms with Crippen molar-refractivity contribution in [2.45, 2.75) is 44.6 Å². The van der Waals surface area contributed by atoms with Gasteiger partial charge in [-0.3, -0.25) is 0 Å². The van der Waals surface area contributed by atoms with E-state index in [0.717, 1.165) is 18.4 Å². The van der Waals surface area contributed by atoms with E-state index in [0.29, 0.717) is 5.75 Å². The topological polar surface area (TPSA) is 89.5 Å². The molecule has 0 radical (unpaired) electrons. The molecule has 1 unspecified atom stereocenters. The lowest BCUT2D eigenvalue weighted by Gasteiger charge is -2.26. The minimum absolute atomic E-state index is 0.0330. The third-order valence-electron chi connectivity index (χ3n) is 5.20. The van der Waals surface area contributed by atoms with Crippen LogP contribution in [0.25, 0.3) is 0 Å². The summed E-state index contributed by atoms with van der Waals surface area (Å²) in [5.41, 5.74) is 0.937. The molecule has 30 heavy (non-hydrogen) atoms. The van der Waals surface area contributed by atoms with E-state index in [-0.39, 0.29) is 35.0 Å². The van der Waals surface area contributed by atoms with Crippen LogP contribution >= 0.6 is 0 Å². The first kappa shape index (κ1) is 24.4. The zero-order valence-electron chi connectivity index (χ0n) is 17.7. The molecule has 2 aromatic carbocycles. The predicted molar refractivity (Wildman–Crippen MR) is 120 cm³/mol. The molecule has 2 rings (SSSR count). The van der Waals surface area contributed by atoms with Crippen LogP contribution < -0.4 is 9.46 Å². The largest absolute Gasteiger partial charge is 0.493 e. The molecule has 0 heterocycles. The Balaban J connectivity index is 2.15. The fraction of sp³-hybridized carbons (Fsp3) is 0.455. The Kier molecular flexibility index (Phi) is 8.88. The van der Waals surface area contributed by atoms with Gasteiger partial charge in [-0.05, 0) is 35.7 Å². The van der Waals surface area contributed by atoms with E-state index < -0.39 is 19.9 Å². The smallest absolute Gasteiger partial charge is 0.241 e. The third-order valence-corrected chi connectivity index (χ3v) is 8.32. The van der Waals surface area contributed by atoms with E-state index in [1.54, 1.807) is 19.1 Å². The fourth-order valence-corrected chi connectivity index (χ4v) is 5.16. The summed E-state index contributed by atoms with van der Waals surface area (Å²) >= 11 is 0. The summed E-state index contributed by atoms with van der Waals surface area (Å²) in [6.07, 6.45) is 1.71. The number of hydrogen-bond donors (Lipinski definition) is 1. The monoisotopic (exact) mass is 453 g/mol. The van der Waals surface area contributed by atoms with Crippen molar-refractivity contribution in [2.75, 3.05) is 18.1 Å². The molecule has 166 valence electrons. The van der Waals surface area contributed by atoms with Crippen LogP contribution in [0.1, 0.15) is 45.2 Å². The van der Waals surface area contributed by atoms with Crippen LogP contribution in [0.5, 0.6) is 5.75 Å². The van der Waals surface area contributed by atoms with Gasteiger partial charge >= 0.3 is 0 Å². The quantitative estimate of drug-likeness (QED) is 0.525. The van der Waals surface area contributed by atoms with E-state index in [4.69, 9.17) is 4.74 Å². The molecular formula is C22H31NO5S2. The number of hydrogen-bond acceptors (Lipinski definition) is 5. The Morgan fingerprint density at radius 3 is 2.00 bits per heavy atom. The summed E-state index contributed by atoms with van der Waals surface area (Å²) in [5.74, 6) is 0.600. The molecule has 1 N–H and O–H groups in total. The van der Waals surface area contributed by atoms with Gasteiger partial charge in [0, 0.05) is 11.8 Å². The van der Waals surface area contributed by atoms with Gasteiger partial charge in [0.1, 0.15) is 12.4 Å². The van der Waals surface area contributed by atoms with Gasteiger partial charge in [-0.15, -0.1) is 0 Å². The SMILES string of the molecule is CCC(CC)C(NS(=O)(=O)c1ccc(OCCS(=O)(=O)CC)cc1)c1ccccc1. The average Bonchev–Trinajstić information content (AvgIpc) is 2.74. The lowest BCUT2D eigenvalue weighted by Crippen LogP contribution is -2.33. The van der Waals surface area contributed by atoms with Gasteiger partial charge in [0.05, 0.1) is 10.6 Å². The molecule has 0 fully saturated rings. The van der Waals surface area contributed by atoms with Crippen molar-refractivity contribution in [3.63, 3.8) is 0 Å². The zero-order chi connectivity index (χ0) is 22.2. The molecule has 0 spiro atoms. The van der Waals surface area contributed by atoms with Crippen LogP contribution in [-0.2, 0) is 19.9 Å².